The molecule has 0 amide bonds. The molecular formula is C21H31IN4O3S. The van der Waals surface area contributed by atoms with Gasteiger partial charge in [-0.1, -0.05) is 24.3 Å². The summed E-state index contributed by atoms with van der Waals surface area (Å²) in [5, 5.41) is 6.45. The largest absolute Gasteiger partial charge is 0.489 e. The molecule has 30 heavy (non-hydrogen) atoms. The fraction of sp³-hybridized carbons (Fsp3) is 0.381. The zero-order valence-corrected chi connectivity index (χ0v) is 21.2. The van der Waals surface area contributed by atoms with Crippen molar-refractivity contribution in [3.63, 3.8) is 0 Å². The minimum absolute atomic E-state index is 0. The van der Waals surface area contributed by atoms with Crippen LogP contribution in [0.3, 0.4) is 0 Å². The molecule has 7 nitrogen and oxygen atoms in total. The summed E-state index contributed by atoms with van der Waals surface area (Å²) in [6, 6.07) is 14.8. The van der Waals surface area contributed by atoms with Gasteiger partial charge in [-0.05, 0) is 49.2 Å². The van der Waals surface area contributed by atoms with Gasteiger partial charge in [0.25, 0.3) is 0 Å². The van der Waals surface area contributed by atoms with E-state index in [9.17, 15) is 8.42 Å². The summed E-state index contributed by atoms with van der Waals surface area (Å²) in [5.74, 6) is 1.49. The van der Waals surface area contributed by atoms with E-state index in [2.05, 4.69) is 15.6 Å². The number of nitrogens with one attached hydrogen (secondary N) is 2. The number of rotatable bonds is 8. The molecule has 2 rings (SSSR count). The van der Waals surface area contributed by atoms with E-state index in [-0.39, 0.29) is 35.0 Å². The minimum Gasteiger partial charge on any atom is -0.489 e. The SMILES string of the molecule is CN=C(NCc1ccc(S(=O)(=O)N(C)C)cc1)NCC(C)Oc1cccc(C)c1.I. The number of aliphatic imine (C=N–C) groups is 1. The lowest BCUT2D eigenvalue weighted by molar-refractivity contribution is 0.223. The highest BCUT2D eigenvalue weighted by Gasteiger charge is 2.16. The van der Waals surface area contributed by atoms with Gasteiger partial charge >= 0.3 is 0 Å². The van der Waals surface area contributed by atoms with Gasteiger partial charge in [0.05, 0.1) is 11.4 Å². The van der Waals surface area contributed by atoms with E-state index in [0.717, 1.165) is 16.9 Å². The summed E-state index contributed by atoms with van der Waals surface area (Å²) in [5.41, 5.74) is 2.11. The van der Waals surface area contributed by atoms with Gasteiger partial charge in [0, 0.05) is 27.7 Å². The van der Waals surface area contributed by atoms with Crippen molar-refractivity contribution in [2.45, 2.75) is 31.4 Å². The molecule has 0 spiro atoms. The average molecular weight is 546 g/mol. The summed E-state index contributed by atoms with van der Waals surface area (Å²) in [4.78, 5) is 4.49. The molecule has 2 N–H and O–H groups in total. The monoisotopic (exact) mass is 546 g/mol. The van der Waals surface area contributed by atoms with E-state index < -0.39 is 10.0 Å². The quantitative estimate of drug-likeness (QED) is 0.302. The lowest BCUT2D eigenvalue weighted by Gasteiger charge is -2.18. The molecule has 2 aromatic carbocycles. The van der Waals surface area contributed by atoms with Gasteiger partial charge in [0.15, 0.2) is 5.96 Å². The van der Waals surface area contributed by atoms with E-state index in [1.165, 1.54) is 18.4 Å². The number of hydrogen-bond donors (Lipinski definition) is 2. The predicted octanol–water partition coefficient (Wildman–Crippen LogP) is 3.00. The number of benzene rings is 2. The van der Waals surface area contributed by atoms with E-state index >= 15 is 0 Å². The van der Waals surface area contributed by atoms with Crippen molar-refractivity contribution in [2.24, 2.45) is 4.99 Å². The lowest BCUT2D eigenvalue weighted by Crippen LogP contribution is -2.41. The summed E-state index contributed by atoms with van der Waals surface area (Å²) in [6.07, 6.45) is -0.0362. The maximum absolute atomic E-state index is 12.1. The van der Waals surface area contributed by atoms with Crippen LogP contribution in [0.25, 0.3) is 0 Å². The first kappa shape index (κ1) is 26.2. The molecule has 1 unspecified atom stereocenters. The molecule has 0 bridgehead atoms. The molecule has 0 aromatic heterocycles. The van der Waals surface area contributed by atoms with E-state index in [1.54, 1.807) is 31.3 Å². The van der Waals surface area contributed by atoms with Gasteiger partial charge < -0.3 is 15.4 Å². The van der Waals surface area contributed by atoms with Crippen molar-refractivity contribution in [1.29, 1.82) is 0 Å². The molecule has 1 atom stereocenters. The minimum atomic E-state index is -3.41. The molecular weight excluding hydrogens is 515 g/mol. The Bertz CT molecular complexity index is 932. The van der Waals surface area contributed by atoms with Crippen LogP contribution in [0.4, 0.5) is 0 Å². The number of halogens is 1. The summed E-state index contributed by atoms with van der Waals surface area (Å²) in [7, 11) is 1.33. The Hall–Kier alpha value is -1.85. The maximum atomic E-state index is 12.1. The van der Waals surface area contributed by atoms with Gasteiger partial charge in [-0.2, -0.15) is 0 Å². The number of guanidine groups is 1. The van der Waals surface area contributed by atoms with E-state index in [0.29, 0.717) is 19.0 Å². The smallest absolute Gasteiger partial charge is 0.242 e. The summed E-state index contributed by atoms with van der Waals surface area (Å²) >= 11 is 0. The zero-order chi connectivity index (χ0) is 21.4. The number of sulfonamides is 1. The number of nitrogens with zero attached hydrogens (tertiary/aromatic N) is 2. The van der Waals surface area contributed by atoms with Crippen molar-refractivity contribution >= 4 is 40.0 Å². The zero-order valence-electron chi connectivity index (χ0n) is 18.0. The van der Waals surface area contributed by atoms with Gasteiger partial charge in [-0.3, -0.25) is 4.99 Å². The topological polar surface area (TPSA) is 83.0 Å². The van der Waals surface area contributed by atoms with Crippen LogP contribution in [0.5, 0.6) is 5.75 Å². The summed E-state index contributed by atoms with van der Waals surface area (Å²) < 4.78 is 31.4. The normalized spacial score (nSPS) is 12.8. The molecule has 0 heterocycles. The Morgan fingerprint density at radius 3 is 2.37 bits per heavy atom. The maximum Gasteiger partial charge on any atom is 0.242 e. The third-order valence-corrected chi connectivity index (χ3v) is 6.10. The molecule has 166 valence electrons. The van der Waals surface area contributed by atoms with Crippen LogP contribution in [0, 0.1) is 6.92 Å². The van der Waals surface area contributed by atoms with E-state index in [4.69, 9.17) is 4.74 Å². The van der Waals surface area contributed by atoms with Gasteiger partial charge in [0.1, 0.15) is 11.9 Å². The molecule has 0 radical (unpaired) electrons. The highest BCUT2D eigenvalue weighted by Crippen LogP contribution is 2.15. The van der Waals surface area contributed by atoms with Crippen LogP contribution >= 0.6 is 24.0 Å². The third kappa shape index (κ3) is 7.77. The van der Waals surface area contributed by atoms with Crippen LogP contribution in [-0.4, -0.2) is 52.5 Å². The Morgan fingerprint density at radius 2 is 1.80 bits per heavy atom. The second-order valence-electron chi connectivity index (χ2n) is 6.98. The Kier molecular flexibility index (Phi) is 10.6. The molecule has 2 aromatic rings. The van der Waals surface area contributed by atoms with Crippen LogP contribution in [0.2, 0.25) is 0 Å². The van der Waals surface area contributed by atoms with Crippen LogP contribution in [0.15, 0.2) is 58.4 Å². The molecule has 0 aliphatic carbocycles. The van der Waals surface area contributed by atoms with Crippen LogP contribution < -0.4 is 15.4 Å². The predicted molar refractivity (Wildman–Crippen MR) is 132 cm³/mol. The Labute approximate surface area is 197 Å². The first-order valence-electron chi connectivity index (χ1n) is 9.41. The third-order valence-electron chi connectivity index (χ3n) is 4.27. The second kappa shape index (κ2) is 12.1. The average Bonchev–Trinajstić information content (AvgIpc) is 2.68. The number of aryl methyl sites for hydroxylation is 1. The molecule has 0 aliphatic rings. The van der Waals surface area contributed by atoms with Crippen LogP contribution in [-0.2, 0) is 16.6 Å². The highest BCUT2D eigenvalue weighted by atomic mass is 127. The molecule has 9 heteroatoms. The fourth-order valence-electron chi connectivity index (χ4n) is 2.60. The fourth-order valence-corrected chi connectivity index (χ4v) is 3.50. The standard InChI is InChI=1S/C21H30N4O3S.HI/c1-16-7-6-8-19(13-16)28-17(2)14-23-21(22-3)24-15-18-9-11-20(12-10-18)29(26,27)25(4)5;/h6-13,17H,14-15H2,1-5H3,(H2,22,23,24);1H. The van der Waals surface area contributed by atoms with Crippen molar-refractivity contribution in [3.05, 3.63) is 59.7 Å². The lowest BCUT2D eigenvalue weighted by atomic mass is 10.2. The molecule has 0 fully saturated rings. The van der Waals surface area contributed by atoms with Crippen molar-refractivity contribution < 1.29 is 13.2 Å². The number of ether oxygens (including phenoxy) is 1. The molecule has 0 saturated heterocycles. The summed E-state index contributed by atoms with van der Waals surface area (Å²) in [6.45, 7) is 5.14. The highest BCUT2D eigenvalue weighted by molar-refractivity contribution is 14.0. The van der Waals surface area contributed by atoms with Gasteiger partial charge in [-0.25, -0.2) is 12.7 Å². The van der Waals surface area contributed by atoms with E-state index in [1.807, 2.05) is 38.1 Å². The Morgan fingerprint density at radius 1 is 1.13 bits per heavy atom. The van der Waals surface area contributed by atoms with Crippen molar-refractivity contribution in [2.75, 3.05) is 27.7 Å². The van der Waals surface area contributed by atoms with Gasteiger partial charge in [0.2, 0.25) is 10.0 Å². The molecule has 0 aliphatic heterocycles. The first-order chi connectivity index (χ1) is 13.7. The number of hydrogen-bond acceptors (Lipinski definition) is 4. The second-order valence-corrected chi connectivity index (χ2v) is 9.13. The van der Waals surface area contributed by atoms with Crippen molar-refractivity contribution in [1.82, 2.24) is 14.9 Å². The van der Waals surface area contributed by atoms with Crippen LogP contribution in [0.1, 0.15) is 18.1 Å². The van der Waals surface area contributed by atoms with Crippen molar-refractivity contribution in [3.8, 4) is 5.75 Å². The first-order valence-corrected chi connectivity index (χ1v) is 10.9. The Balaban J connectivity index is 0.00000450. The van der Waals surface area contributed by atoms with Gasteiger partial charge in [-0.15, -0.1) is 24.0 Å². The molecule has 0 saturated carbocycles.